The van der Waals surface area contributed by atoms with Crippen LogP contribution in [0.3, 0.4) is 0 Å². The Kier molecular flexibility index (Phi) is 8.32. The summed E-state index contributed by atoms with van der Waals surface area (Å²) in [5, 5.41) is 0. The van der Waals surface area contributed by atoms with Crippen molar-refractivity contribution in [3.63, 3.8) is 0 Å². The Morgan fingerprint density at radius 1 is 0.972 bits per heavy atom. The topological polar surface area (TPSA) is 68.6 Å². The van der Waals surface area contributed by atoms with Gasteiger partial charge in [-0.3, -0.25) is 9.59 Å². The minimum Gasteiger partial charge on any atom is -0.461 e. The Morgan fingerprint density at radius 3 is 1.89 bits per heavy atom. The van der Waals surface area contributed by atoms with Crippen LogP contribution >= 0.6 is 0 Å². The van der Waals surface area contributed by atoms with E-state index in [1.54, 1.807) is 13.8 Å². The lowest BCUT2D eigenvalue weighted by atomic mass is 10.0. The van der Waals surface area contributed by atoms with Gasteiger partial charge >= 0.3 is 18.3 Å². The highest BCUT2D eigenvalue weighted by molar-refractivity contribution is 6.06. The summed E-state index contributed by atoms with van der Waals surface area (Å²) in [6.45, 7) is 7.08. The normalized spacial score (nSPS) is 12.1. The van der Waals surface area contributed by atoms with E-state index in [0.29, 0.717) is 17.8 Å². The molecule has 0 aliphatic rings. The van der Waals surface area contributed by atoms with Gasteiger partial charge in [0.25, 0.3) is 5.91 Å². The van der Waals surface area contributed by atoms with Gasteiger partial charge in [-0.1, -0.05) is 0 Å². The predicted octanol–water partition coefficient (Wildman–Crippen LogP) is 5.59. The van der Waals surface area contributed by atoms with Crippen LogP contribution in [-0.4, -0.2) is 46.3 Å². The monoisotopic (exact) mass is 520 g/mol. The molecule has 6 nitrogen and oxygen atoms in total. The van der Waals surface area contributed by atoms with Gasteiger partial charge in [-0.05, 0) is 58.4 Å². The maximum absolute atomic E-state index is 13.3. The molecule has 1 aromatic heterocycles. The van der Waals surface area contributed by atoms with Crippen molar-refractivity contribution in [1.29, 1.82) is 0 Å². The fourth-order valence-corrected chi connectivity index (χ4v) is 3.84. The van der Waals surface area contributed by atoms with Crippen LogP contribution in [0.2, 0.25) is 0 Å². The Hall–Kier alpha value is -3.31. The quantitative estimate of drug-likeness (QED) is 0.271. The summed E-state index contributed by atoms with van der Waals surface area (Å²) < 4.78 is 86.0. The number of carbonyl (C=O) groups is 3. The Morgan fingerprint density at radius 2 is 1.47 bits per heavy atom. The van der Waals surface area contributed by atoms with Gasteiger partial charge in [-0.25, -0.2) is 4.79 Å². The molecule has 1 amide bonds. The Balaban J connectivity index is 2.52. The van der Waals surface area contributed by atoms with E-state index in [9.17, 15) is 40.7 Å². The summed E-state index contributed by atoms with van der Waals surface area (Å²) >= 11 is 0. The standard InChI is InChI=1S/C24H26F6N2O4/c1-7-36-22(35)20-13(4)19(14(5)31(20)6)18(33)11-32(12(2)3)21(34)15-8-16(23(25,26)27)10-17(9-15)24(28,29)30/h8-10,12H,7,11H2,1-6H3. The molecule has 0 unspecified atom stereocenters. The number of ketones is 1. The van der Waals surface area contributed by atoms with E-state index >= 15 is 0 Å². The molecule has 0 radical (unpaired) electrons. The Bertz CT molecular complexity index is 1150. The number of alkyl halides is 6. The Labute approximate surface area is 203 Å². The zero-order valence-corrected chi connectivity index (χ0v) is 20.5. The molecule has 0 N–H and O–H groups in total. The van der Waals surface area contributed by atoms with E-state index in [0.717, 1.165) is 4.90 Å². The zero-order valence-electron chi connectivity index (χ0n) is 20.5. The highest BCUT2D eigenvalue weighted by Gasteiger charge is 2.38. The first-order valence-electron chi connectivity index (χ1n) is 10.9. The van der Waals surface area contributed by atoms with E-state index in [-0.39, 0.29) is 29.5 Å². The number of nitrogens with zero attached hydrogens (tertiary/aromatic N) is 2. The van der Waals surface area contributed by atoms with Gasteiger partial charge in [-0.15, -0.1) is 0 Å². The number of esters is 1. The molecule has 1 heterocycles. The second kappa shape index (κ2) is 10.4. The number of amides is 1. The van der Waals surface area contributed by atoms with Crippen molar-refractivity contribution in [2.45, 2.75) is 53.0 Å². The SMILES string of the molecule is CCOC(=O)c1c(C)c(C(=O)CN(C(=O)c2cc(C(F)(F)F)cc(C(F)(F)F)c2)C(C)C)c(C)n1C. The molecule has 0 saturated heterocycles. The fraction of sp³-hybridized carbons (Fsp3) is 0.458. The average molecular weight is 520 g/mol. The van der Waals surface area contributed by atoms with Crippen LogP contribution in [0, 0.1) is 13.8 Å². The molecule has 0 aliphatic heterocycles. The molecule has 0 fully saturated rings. The molecule has 2 aromatic rings. The molecular weight excluding hydrogens is 494 g/mol. The van der Waals surface area contributed by atoms with E-state index < -0.39 is 59.3 Å². The maximum atomic E-state index is 13.3. The van der Waals surface area contributed by atoms with Crippen LogP contribution in [0.1, 0.15) is 74.4 Å². The second-order valence-electron chi connectivity index (χ2n) is 8.46. The van der Waals surface area contributed by atoms with Gasteiger partial charge in [0.1, 0.15) is 5.69 Å². The summed E-state index contributed by atoms with van der Waals surface area (Å²) in [4.78, 5) is 39.5. The van der Waals surface area contributed by atoms with E-state index in [4.69, 9.17) is 4.74 Å². The van der Waals surface area contributed by atoms with Gasteiger partial charge in [0, 0.05) is 29.9 Å². The summed E-state index contributed by atoms with van der Waals surface area (Å²) in [5.74, 6) is -2.48. The van der Waals surface area contributed by atoms with E-state index in [1.165, 1.54) is 32.4 Å². The van der Waals surface area contributed by atoms with E-state index in [2.05, 4.69) is 0 Å². The number of carbonyl (C=O) groups excluding carboxylic acids is 3. The maximum Gasteiger partial charge on any atom is 0.416 e. The molecule has 2 rings (SSSR count). The fourth-order valence-electron chi connectivity index (χ4n) is 3.84. The van der Waals surface area contributed by atoms with Crippen molar-refractivity contribution in [3.05, 3.63) is 57.4 Å². The molecule has 1 aromatic carbocycles. The third-order valence-electron chi connectivity index (χ3n) is 5.71. The van der Waals surface area contributed by atoms with Crippen molar-refractivity contribution in [3.8, 4) is 0 Å². The van der Waals surface area contributed by atoms with E-state index in [1.807, 2.05) is 0 Å². The van der Waals surface area contributed by atoms with Crippen LogP contribution in [0.4, 0.5) is 26.3 Å². The predicted molar refractivity (Wildman–Crippen MR) is 118 cm³/mol. The molecule has 0 bridgehead atoms. The first-order chi connectivity index (χ1) is 16.4. The number of rotatable bonds is 7. The number of benzene rings is 1. The van der Waals surface area contributed by atoms with Crippen LogP contribution in [0.15, 0.2) is 18.2 Å². The number of aromatic nitrogens is 1. The highest BCUT2D eigenvalue weighted by atomic mass is 19.4. The van der Waals surface area contributed by atoms with Gasteiger partial charge in [0.15, 0.2) is 5.78 Å². The third-order valence-corrected chi connectivity index (χ3v) is 5.71. The van der Waals surface area contributed by atoms with Crippen molar-refractivity contribution in [2.24, 2.45) is 7.05 Å². The number of hydrogen-bond donors (Lipinski definition) is 0. The molecule has 36 heavy (non-hydrogen) atoms. The van der Waals surface area contributed by atoms with Gasteiger partial charge in [-0.2, -0.15) is 26.3 Å². The van der Waals surface area contributed by atoms with Gasteiger partial charge in [0.2, 0.25) is 0 Å². The van der Waals surface area contributed by atoms with Gasteiger partial charge in [0.05, 0.1) is 24.3 Å². The molecule has 12 heteroatoms. The summed E-state index contributed by atoms with van der Waals surface area (Å²) in [5.41, 5.74) is -3.23. The molecule has 0 saturated carbocycles. The third kappa shape index (κ3) is 5.90. The number of halogens is 6. The van der Waals surface area contributed by atoms with Crippen LogP contribution in [0.25, 0.3) is 0 Å². The summed E-state index contributed by atoms with van der Waals surface area (Å²) in [6, 6.07) is -0.168. The molecular formula is C24H26F6N2O4. The first-order valence-corrected chi connectivity index (χ1v) is 10.9. The second-order valence-corrected chi connectivity index (χ2v) is 8.46. The summed E-state index contributed by atoms with van der Waals surface area (Å²) in [6.07, 6.45) is -10.3. The zero-order chi connectivity index (χ0) is 27.7. The van der Waals surface area contributed by atoms with Crippen LogP contribution < -0.4 is 0 Å². The minimum atomic E-state index is -5.13. The number of Topliss-reactive ketones (excluding diaryl/α,β-unsaturated/α-hetero) is 1. The van der Waals surface area contributed by atoms with Crippen LogP contribution in [0.5, 0.6) is 0 Å². The smallest absolute Gasteiger partial charge is 0.416 e. The molecule has 0 aliphatic carbocycles. The van der Waals surface area contributed by atoms with Crippen molar-refractivity contribution >= 4 is 17.7 Å². The average Bonchev–Trinajstić information content (AvgIpc) is 2.98. The lowest BCUT2D eigenvalue weighted by molar-refractivity contribution is -0.143. The first kappa shape index (κ1) is 28.9. The van der Waals surface area contributed by atoms with Crippen molar-refractivity contribution in [2.75, 3.05) is 13.2 Å². The lowest BCUT2D eigenvalue weighted by Gasteiger charge is -2.27. The van der Waals surface area contributed by atoms with Crippen molar-refractivity contribution < 1.29 is 45.5 Å². The van der Waals surface area contributed by atoms with Gasteiger partial charge < -0.3 is 14.2 Å². The number of ether oxygens (including phenoxy) is 1. The minimum absolute atomic E-state index is 0.0742. The van der Waals surface area contributed by atoms with Crippen molar-refractivity contribution in [1.82, 2.24) is 9.47 Å². The lowest BCUT2D eigenvalue weighted by Crippen LogP contribution is -2.41. The molecule has 0 spiro atoms. The largest absolute Gasteiger partial charge is 0.461 e. The molecule has 0 atom stereocenters. The molecule has 198 valence electrons. The van der Waals surface area contributed by atoms with Crippen LogP contribution in [-0.2, 0) is 24.1 Å². The summed E-state index contributed by atoms with van der Waals surface area (Å²) in [7, 11) is 1.54. The number of hydrogen-bond acceptors (Lipinski definition) is 4. The highest BCUT2D eigenvalue weighted by Crippen LogP contribution is 2.36.